The second-order valence-corrected chi connectivity index (χ2v) is 7.88. The van der Waals surface area contributed by atoms with Crippen molar-refractivity contribution < 1.29 is 39.1 Å². The maximum absolute atomic E-state index is 13.5. The summed E-state index contributed by atoms with van der Waals surface area (Å²) in [6.07, 6.45) is 1.36. The van der Waals surface area contributed by atoms with Gasteiger partial charge in [0, 0.05) is 30.3 Å². The smallest absolute Gasteiger partial charge is 0.521 e. The molecule has 2 aliphatic heterocycles. The van der Waals surface area contributed by atoms with Crippen LogP contribution in [0.15, 0.2) is 36.4 Å². The van der Waals surface area contributed by atoms with E-state index in [1.54, 1.807) is 12.1 Å². The molecule has 34 heavy (non-hydrogen) atoms. The number of benzene rings is 2. The molecule has 0 saturated heterocycles. The average Bonchev–Trinajstić information content (AvgIpc) is 2.81. The Bertz CT molecular complexity index is 847. The van der Waals surface area contributed by atoms with Crippen LogP contribution in [-0.2, 0) is 31.6 Å². The molecular formula is C23H35F2N2O6P. The summed E-state index contributed by atoms with van der Waals surface area (Å²) >= 11 is 0. The van der Waals surface area contributed by atoms with Crippen LogP contribution in [0.2, 0.25) is 0 Å². The lowest BCUT2D eigenvalue weighted by Crippen LogP contribution is -2.26. The van der Waals surface area contributed by atoms with Crippen molar-refractivity contribution in [3.8, 4) is 0 Å². The van der Waals surface area contributed by atoms with Crippen molar-refractivity contribution in [2.75, 3.05) is 40.4 Å². The Morgan fingerprint density at radius 2 is 1.38 bits per heavy atom. The molecule has 192 valence electrons. The van der Waals surface area contributed by atoms with Gasteiger partial charge in [-0.3, -0.25) is 0 Å². The van der Waals surface area contributed by atoms with E-state index < -0.39 is 8.25 Å². The summed E-state index contributed by atoms with van der Waals surface area (Å²) in [5.41, 5.74) is 3.62. The van der Waals surface area contributed by atoms with E-state index in [1.807, 2.05) is 26.2 Å². The minimum absolute atomic E-state index is 0. The first-order valence-corrected chi connectivity index (χ1v) is 11.5. The molecule has 2 heterocycles. The summed E-state index contributed by atoms with van der Waals surface area (Å²) < 4.78 is 49.8. The second-order valence-electron chi connectivity index (χ2n) is 7.26. The maximum Gasteiger partial charge on any atom is 0.521 e. The third-order valence-corrected chi connectivity index (χ3v) is 5.29. The van der Waals surface area contributed by atoms with Gasteiger partial charge in [-0.1, -0.05) is 31.7 Å². The molecule has 0 bridgehead atoms. The zero-order valence-electron chi connectivity index (χ0n) is 18.6. The van der Waals surface area contributed by atoms with Crippen LogP contribution in [-0.4, -0.2) is 45.7 Å². The third-order valence-electron chi connectivity index (χ3n) is 5.16. The normalized spacial score (nSPS) is 18.6. The SMILES string of the molecule is C.CNC[C@@H]1OCCc2cccc(F)c21.CNC[C@@H]1OCCc2cccc(F)c21.O=[P+]([O-])OO.[HH]. The Hall–Kier alpha value is -1.88. The summed E-state index contributed by atoms with van der Waals surface area (Å²) in [6.45, 7) is 2.69. The Kier molecular flexibility index (Phi) is 14.1. The van der Waals surface area contributed by atoms with Crippen LogP contribution in [0.1, 0.15) is 43.3 Å². The molecule has 1 unspecified atom stereocenters. The Morgan fingerprint density at radius 3 is 1.71 bits per heavy atom. The quantitative estimate of drug-likeness (QED) is 0.321. The number of hydrogen-bond acceptors (Lipinski definition) is 8. The van der Waals surface area contributed by atoms with Crippen molar-refractivity contribution >= 4 is 8.25 Å². The van der Waals surface area contributed by atoms with Gasteiger partial charge in [-0.05, 0) is 54.8 Å². The van der Waals surface area contributed by atoms with E-state index in [2.05, 4.69) is 15.3 Å². The molecule has 0 spiro atoms. The van der Waals surface area contributed by atoms with Crippen molar-refractivity contribution in [1.82, 2.24) is 10.6 Å². The third kappa shape index (κ3) is 8.72. The zero-order valence-corrected chi connectivity index (χ0v) is 19.4. The highest BCUT2D eigenvalue weighted by Gasteiger charge is 2.24. The van der Waals surface area contributed by atoms with E-state index in [9.17, 15) is 8.78 Å². The second kappa shape index (κ2) is 15.9. The van der Waals surface area contributed by atoms with Crippen LogP contribution in [0.25, 0.3) is 0 Å². The van der Waals surface area contributed by atoms with Gasteiger partial charge in [-0.2, -0.15) is 0 Å². The van der Waals surface area contributed by atoms with Gasteiger partial charge in [0.2, 0.25) is 0 Å². The van der Waals surface area contributed by atoms with Crippen molar-refractivity contribution in [1.29, 1.82) is 0 Å². The average molecular weight is 505 g/mol. The van der Waals surface area contributed by atoms with Gasteiger partial charge in [0.1, 0.15) is 11.6 Å². The van der Waals surface area contributed by atoms with Gasteiger partial charge in [0.15, 0.2) is 0 Å². The highest BCUT2D eigenvalue weighted by Crippen LogP contribution is 2.29. The minimum atomic E-state index is -3.04. The number of likely N-dealkylation sites (N-methyl/N-ethyl adjacent to an activating group) is 2. The molecule has 0 radical (unpaired) electrons. The van der Waals surface area contributed by atoms with Gasteiger partial charge >= 0.3 is 8.25 Å². The van der Waals surface area contributed by atoms with E-state index in [0.717, 1.165) is 35.1 Å². The molecule has 2 aromatic carbocycles. The number of ether oxygens (including phenoxy) is 2. The van der Waals surface area contributed by atoms with Crippen LogP contribution in [0.5, 0.6) is 0 Å². The zero-order chi connectivity index (χ0) is 24.2. The standard InChI is InChI=1S/2C11H14FNO.CH4.HO4P.H2/c2*1-13-7-10-11-8(5-6-14-10)3-2-4-9(11)12;;1-4-5(2)3;/h2*2-4,10,13H,5-7H2,1H3;1H4;1H;1H/t2*10-;;;/m00.../s1. The lowest BCUT2D eigenvalue weighted by atomic mass is 9.97. The number of hydrogen-bond donors (Lipinski definition) is 3. The summed E-state index contributed by atoms with van der Waals surface area (Å²) in [5.74, 6) is -0.301. The minimum Gasteiger partial charge on any atom is -0.565 e. The monoisotopic (exact) mass is 504 g/mol. The number of fused-ring (bicyclic) bond motifs is 2. The topological polar surface area (TPSA) is 112 Å². The Balaban J connectivity index is 0.000000531. The fraction of sp³-hybridized carbons (Fsp3) is 0.478. The molecule has 0 aromatic heterocycles. The van der Waals surface area contributed by atoms with E-state index in [1.165, 1.54) is 12.1 Å². The summed E-state index contributed by atoms with van der Waals surface area (Å²) in [4.78, 5) is 8.93. The first-order chi connectivity index (χ1) is 15.9. The fourth-order valence-corrected chi connectivity index (χ4v) is 3.80. The largest absolute Gasteiger partial charge is 0.565 e. The van der Waals surface area contributed by atoms with Gasteiger partial charge in [0.25, 0.3) is 0 Å². The van der Waals surface area contributed by atoms with Crippen LogP contribution >= 0.6 is 8.25 Å². The van der Waals surface area contributed by atoms with E-state index >= 15 is 0 Å². The van der Waals surface area contributed by atoms with Gasteiger partial charge < -0.3 is 25.0 Å². The van der Waals surface area contributed by atoms with Crippen molar-refractivity contribution in [3.63, 3.8) is 0 Å². The Labute approximate surface area is 201 Å². The Morgan fingerprint density at radius 1 is 1.00 bits per heavy atom. The van der Waals surface area contributed by atoms with E-state index in [-0.39, 0.29) is 32.7 Å². The van der Waals surface area contributed by atoms with Crippen LogP contribution in [0.3, 0.4) is 0 Å². The summed E-state index contributed by atoms with van der Waals surface area (Å²) in [7, 11) is 0.649. The molecular weight excluding hydrogens is 469 g/mol. The van der Waals surface area contributed by atoms with Gasteiger partial charge in [-0.15, -0.1) is 0 Å². The number of halogens is 2. The summed E-state index contributed by atoms with van der Waals surface area (Å²) in [6, 6.07) is 10.5. The van der Waals surface area contributed by atoms with Crippen LogP contribution in [0, 0.1) is 11.6 Å². The maximum atomic E-state index is 13.5. The predicted molar refractivity (Wildman–Crippen MR) is 126 cm³/mol. The van der Waals surface area contributed by atoms with Crippen LogP contribution in [0.4, 0.5) is 8.78 Å². The first kappa shape index (κ1) is 30.2. The molecule has 0 amide bonds. The van der Waals surface area contributed by atoms with Gasteiger partial charge in [0.05, 0.1) is 25.4 Å². The van der Waals surface area contributed by atoms with Crippen LogP contribution < -0.4 is 15.5 Å². The fourth-order valence-electron chi connectivity index (χ4n) is 3.80. The first-order valence-electron chi connectivity index (χ1n) is 10.5. The van der Waals surface area contributed by atoms with Crippen molar-refractivity contribution in [2.45, 2.75) is 32.5 Å². The molecule has 11 heteroatoms. The molecule has 8 nitrogen and oxygen atoms in total. The summed E-state index contributed by atoms with van der Waals surface area (Å²) in [5, 5.41) is 13.1. The molecule has 2 aromatic rings. The lowest BCUT2D eigenvalue weighted by Gasteiger charge is -2.26. The highest BCUT2D eigenvalue weighted by atomic mass is 31.1. The van der Waals surface area contributed by atoms with E-state index in [0.29, 0.717) is 26.3 Å². The van der Waals surface area contributed by atoms with Gasteiger partial charge in [-0.25, -0.2) is 14.0 Å². The molecule has 0 saturated carbocycles. The number of rotatable bonds is 5. The highest BCUT2D eigenvalue weighted by molar-refractivity contribution is 7.30. The molecule has 0 fully saturated rings. The lowest BCUT2D eigenvalue weighted by molar-refractivity contribution is -0.244. The predicted octanol–water partition coefficient (Wildman–Crippen LogP) is 3.69. The molecule has 3 atom stereocenters. The van der Waals surface area contributed by atoms with E-state index in [4.69, 9.17) is 24.2 Å². The molecule has 0 aliphatic carbocycles. The molecule has 4 rings (SSSR count). The molecule has 3 N–H and O–H groups in total. The van der Waals surface area contributed by atoms with Crippen molar-refractivity contribution in [3.05, 3.63) is 70.3 Å². The van der Waals surface area contributed by atoms with Crippen molar-refractivity contribution in [2.24, 2.45) is 0 Å². The molecule has 2 aliphatic rings. The number of nitrogens with one attached hydrogen (secondary N) is 2.